The minimum Gasteiger partial charge on any atom is -0.328 e. The molecule has 1 N–H and O–H groups in total. The van der Waals surface area contributed by atoms with Gasteiger partial charge in [0.15, 0.2) is 9.84 Å². The van der Waals surface area contributed by atoms with E-state index in [9.17, 15) is 17.6 Å². The third kappa shape index (κ3) is 2.31. The number of hydrogen-bond donors (Lipinski definition) is 1. The summed E-state index contributed by atoms with van der Waals surface area (Å²) in [6, 6.07) is 1.32. The van der Waals surface area contributed by atoms with Gasteiger partial charge in [-0.3, -0.25) is 4.79 Å². The van der Waals surface area contributed by atoms with Crippen LogP contribution in [0.3, 0.4) is 0 Å². The van der Waals surface area contributed by atoms with Crippen molar-refractivity contribution < 1.29 is 12.8 Å². The van der Waals surface area contributed by atoms with Crippen LogP contribution in [0.5, 0.6) is 0 Å². The summed E-state index contributed by atoms with van der Waals surface area (Å²) >= 11 is 0. The van der Waals surface area contributed by atoms with Crippen LogP contribution in [-0.2, 0) is 15.5 Å². The third-order valence-corrected chi connectivity index (χ3v) is 4.82. The van der Waals surface area contributed by atoms with Crippen molar-refractivity contribution in [1.82, 2.24) is 4.98 Å². The van der Waals surface area contributed by atoms with Crippen LogP contribution in [0.25, 0.3) is 0 Å². The van der Waals surface area contributed by atoms with E-state index in [-0.39, 0.29) is 29.9 Å². The smallest absolute Gasteiger partial charge is 0.254 e. The number of nitrogens with one attached hydrogen (secondary N) is 1. The number of rotatable bonds is 1. The Morgan fingerprint density at radius 3 is 2.56 bits per heavy atom. The molecule has 96 valence electrons. The highest BCUT2D eigenvalue weighted by atomic mass is 32.2. The molecule has 0 unspecified atom stereocenters. The Balaban J connectivity index is 2.43. The molecule has 0 atom stereocenters. The van der Waals surface area contributed by atoms with Crippen LogP contribution in [0.1, 0.15) is 24.0 Å². The first-order valence-corrected chi connectivity index (χ1v) is 7.28. The first-order chi connectivity index (χ1) is 8.36. The fourth-order valence-electron chi connectivity index (χ4n) is 2.03. The lowest BCUT2D eigenvalue weighted by molar-refractivity contribution is 0.146. The van der Waals surface area contributed by atoms with Crippen LogP contribution in [-0.4, -0.2) is 24.9 Å². The second-order valence-electron chi connectivity index (χ2n) is 4.39. The Hall–Kier alpha value is -1.61. The van der Waals surface area contributed by atoms with Crippen molar-refractivity contribution in [2.45, 2.75) is 18.5 Å². The van der Waals surface area contributed by atoms with Crippen LogP contribution < -0.4 is 5.56 Å². The number of H-pyrrole nitrogens is 1. The van der Waals surface area contributed by atoms with Gasteiger partial charge in [-0.15, -0.1) is 6.42 Å². The van der Waals surface area contributed by atoms with E-state index >= 15 is 0 Å². The van der Waals surface area contributed by atoms with Crippen molar-refractivity contribution in [3.8, 4) is 12.3 Å². The van der Waals surface area contributed by atoms with Gasteiger partial charge >= 0.3 is 0 Å². The number of pyridine rings is 1. The van der Waals surface area contributed by atoms with Crippen molar-refractivity contribution in [3.63, 3.8) is 0 Å². The van der Waals surface area contributed by atoms with Crippen molar-refractivity contribution >= 4 is 9.84 Å². The van der Waals surface area contributed by atoms with Gasteiger partial charge in [0.25, 0.3) is 5.56 Å². The van der Waals surface area contributed by atoms with Crippen molar-refractivity contribution in [3.05, 3.63) is 33.7 Å². The molecular formula is C12H12FNO3S. The van der Waals surface area contributed by atoms with Gasteiger partial charge in [-0.25, -0.2) is 12.8 Å². The lowest BCUT2D eigenvalue weighted by Gasteiger charge is -2.28. The van der Waals surface area contributed by atoms with Gasteiger partial charge in [0, 0.05) is 11.8 Å². The summed E-state index contributed by atoms with van der Waals surface area (Å²) in [7, 11) is -3.18. The van der Waals surface area contributed by atoms with Gasteiger partial charge < -0.3 is 4.98 Å². The second-order valence-corrected chi connectivity index (χ2v) is 6.70. The topological polar surface area (TPSA) is 67.0 Å². The molecule has 1 aliphatic rings. The monoisotopic (exact) mass is 269 g/mol. The van der Waals surface area contributed by atoms with Crippen molar-refractivity contribution in [2.75, 3.05) is 11.5 Å². The molecule has 0 aromatic carbocycles. The standard InChI is InChI=1S/C12H12FNO3S/c1-2-9-7-10(11(15)14-8-9)12(13)3-5-18(16,17)6-4-12/h1,7-8H,3-6H2,(H,14,15). The molecule has 1 aliphatic heterocycles. The molecule has 2 heterocycles. The summed E-state index contributed by atoms with van der Waals surface area (Å²) < 4.78 is 37.3. The van der Waals surface area contributed by atoms with E-state index in [2.05, 4.69) is 10.9 Å². The van der Waals surface area contributed by atoms with E-state index in [4.69, 9.17) is 6.42 Å². The fourth-order valence-corrected chi connectivity index (χ4v) is 3.50. The van der Waals surface area contributed by atoms with Gasteiger partial charge in [-0.05, 0) is 18.9 Å². The lowest BCUT2D eigenvalue weighted by atomic mass is 9.90. The van der Waals surface area contributed by atoms with Crippen LogP contribution in [0.2, 0.25) is 0 Å². The maximum atomic E-state index is 14.7. The Bertz CT molecular complexity index is 655. The Labute approximate surface area is 104 Å². The SMILES string of the molecule is C#Cc1c[nH]c(=O)c(C2(F)CCS(=O)(=O)CC2)c1. The summed E-state index contributed by atoms with van der Waals surface area (Å²) in [6.45, 7) is 0. The van der Waals surface area contributed by atoms with E-state index < -0.39 is 21.1 Å². The molecule has 0 amide bonds. The van der Waals surface area contributed by atoms with E-state index in [1.165, 1.54) is 12.3 Å². The van der Waals surface area contributed by atoms with Gasteiger partial charge in [-0.2, -0.15) is 0 Å². The number of halogens is 1. The molecular weight excluding hydrogens is 257 g/mol. The minimum atomic E-state index is -3.18. The molecule has 1 saturated heterocycles. The summed E-state index contributed by atoms with van der Waals surface area (Å²) in [4.78, 5) is 14.0. The molecule has 1 aromatic rings. The van der Waals surface area contributed by atoms with Gasteiger partial charge in [0.1, 0.15) is 5.67 Å². The molecule has 2 rings (SSSR count). The molecule has 0 aliphatic carbocycles. The molecule has 6 heteroatoms. The zero-order valence-corrected chi connectivity index (χ0v) is 10.4. The highest BCUT2D eigenvalue weighted by molar-refractivity contribution is 7.91. The number of sulfone groups is 1. The Kier molecular flexibility index (Phi) is 3.03. The zero-order chi connectivity index (χ0) is 13.4. The van der Waals surface area contributed by atoms with Crippen molar-refractivity contribution in [2.24, 2.45) is 0 Å². The number of alkyl halides is 1. The average Bonchev–Trinajstić information content (AvgIpc) is 2.34. The highest BCUT2D eigenvalue weighted by Crippen LogP contribution is 2.36. The summed E-state index contributed by atoms with van der Waals surface area (Å²) in [5, 5.41) is 0. The fraction of sp³-hybridized carbons (Fsp3) is 0.417. The van der Waals surface area contributed by atoms with E-state index in [1.54, 1.807) is 0 Å². The Morgan fingerprint density at radius 1 is 1.39 bits per heavy atom. The summed E-state index contributed by atoms with van der Waals surface area (Å²) in [5.41, 5.74) is -2.18. The lowest BCUT2D eigenvalue weighted by Crippen LogP contribution is -2.37. The van der Waals surface area contributed by atoms with Gasteiger partial charge in [0.05, 0.1) is 17.1 Å². The summed E-state index contributed by atoms with van der Waals surface area (Å²) in [5.74, 6) is 1.82. The van der Waals surface area contributed by atoms with Crippen LogP contribution >= 0.6 is 0 Å². The maximum Gasteiger partial charge on any atom is 0.254 e. The largest absolute Gasteiger partial charge is 0.328 e. The van der Waals surface area contributed by atoms with Gasteiger partial charge in [-0.1, -0.05) is 5.92 Å². The molecule has 1 aromatic heterocycles. The van der Waals surface area contributed by atoms with E-state index in [0.29, 0.717) is 5.56 Å². The second kappa shape index (κ2) is 4.25. The molecule has 18 heavy (non-hydrogen) atoms. The quantitative estimate of drug-likeness (QED) is 0.764. The normalized spacial score (nSPS) is 21.1. The predicted octanol–water partition coefficient (Wildman–Crippen LogP) is 0.730. The third-order valence-electron chi connectivity index (χ3n) is 3.17. The van der Waals surface area contributed by atoms with Crippen molar-refractivity contribution in [1.29, 1.82) is 0 Å². The van der Waals surface area contributed by atoms with Crippen LogP contribution in [0.4, 0.5) is 4.39 Å². The number of terminal acetylenes is 1. The predicted molar refractivity (Wildman–Crippen MR) is 65.7 cm³/mol. The first kappa shape index (κ1) is 12.8. The summed E-state index contributed by atoms with van der Waals surface area (Å²) in [6.07, 6.45) is 6.12. The average molecular weight is 269 g/mol. The minimum absolute atomic E-state index is 0.0761. The van der Waals surface area contributed by atoms with E-state index in [0.717, 1.165) is 0 Å². The molecule has 1 fully saturated rings. The highest BCUT2D eigenvalue weighted by Gasteiger charge is 2.40. The molecule has 4 nitrogen and oxygen atoms in total. The first-order valence-electron chi connectivity index (χ1n) is 5.45. The molecule has 0 bridgehead atoms. The number of aromatic amines is 1. The maximum absolute atomic E-state index is 14.7. The zero-order valence-electron chi connectivity index (χ0n) is 9.57. The molecule has 0 saturated carbocycles. The molecule has 0 radical (unpaired) electrons. The Morgan fingerprint density at radius 2 is 2.00 bits per heavy atom. The van der Waals surface area contributed by atoms with E-state index in [1.807, 2.05) is 0 Å². The van der Waals surface area contributed by atoms with Crippen LogP contribution in [0.15, 0.2) is 17.1 Å². The number of hydrogen-bond acceptors (Lipinski definition) is 3. The van der Waals surface area contributed by atoms with Gasteiger partial charge in [0.2, 0.25) is 0 Å². The number of aromatic nitrogens is 1. The molecule has 0 spiro atoms. The van der Waals surface area contributed by atoms with Crippen LogP contribution in [0, 0.1) is 12.3 Å².